The van der Waals surface area contributed by atoms with Gasteiger partial charge in [-0.3, -0.25) is 0 Å². The third-order valence-electron chi connectivity index (χ3n) is 2.89. The predicted molar refractivity (Wildman–Crippen MR) is 62.9 cm³/mol. The largest absolute Gasteiger partial charge is 0.396 e. The Kier molecular flexibility index (Phi) is 3.07. The lowest BCUT2D eigenvalue weighted by atomic mass is 10.0. The van der Waals surface area contributed by atoms with Crippen molar-refractivity contribution in [3.05, 3.63) is 36.0 Å². The Morgan fingerprint density at radius 1 is 1.33 bits per heavy atom. The summed E-state index contributed by atoms with van der Waals surface area (Å²) < 4.78 is 0. The Bertz CT molecular complexity index is 433. The first kappa shape index (κ1) is 10.2. The van der Waals surface area contributed by atoms with Crippen LogP contribution in [0.5, 0.6) is 0 Å². The Morgan fingerprint density at radius 2 is 2.13 bits per heavy atom. The van der Waals surface area contributed by atoms with E-state index in [0.717, 1.165) is 12.8 Å². The van der Waals surface area contributed by atoms with Crippen molar-refractivity contribution in [3.63, 3.8) is 0 Å². The minimum atomic E-state index is 0.280. The van der Waals surface area contributed by atoms with Gasteiger partial charge in [0.05, 0.1) is 0 Å². The molecule has 2 rings (SSSR count). The van der Waals surface area contributed by atoms with E-state index in [1.165, 1.54) is 16.5 Å². The van der Waals surface area contributed by atoms with Crippen LogP contribution >= 0.6 is 0 Å². The summed E-state index contributed by atoms with van der Waals surface area (Å²) >= 11 is 0. The van der Waals surface area contributed by atoms with E-state index in [1.54, 1.807) is 0 Å². The quantitative estimate of drug-likeness (QED) is 0.787. The lowest BCUT2D eigenvalue weighted by Crippen LogP contribution is -2.01. The number of aliphatic hydroxyl groups is 1. The molecule has 0 saturated heterocycles. The van der Waals surface area contributed by atoms with Crippen LogP contribution in [-0.4, -0.2) is 16.7 Å². The Hall–Kier alpha value is -1.28. The van der Waals surface area contributed by atoms with Crippen molar-refractivity contribution < 1.29 is 5.11 Å². The molecular weight excluding hydrogens is 186 g/mol. The van der Waals surface area contributed by atoms with Crippen molar-refractivity contribution in [1.82, 2.24) is 4.98 Å². The van der Waals surface area contributed by atoms with Crippen molar-refractivity contribution in [2.45, 2.75) is 19.8 Å². The van der Waals surface area contributed by atoms with Gasteiger partial charge in [-0.2, -0.15) is 0 Å². The van der Waals surface area contributed by atoms with Gasteiger partial charge in [0.1, 0.15) is 0 Å². The molecule has 0 aliphatic rings. The molecule has 1 heterocycles. The average molecular weight is 203 g/mol. The highest BCUT2D eigenvalue weighted by Gasteiger charge is 2.05. The number of benzene rings is 1. The van der Waals surface area contributed by atoms with Gasteiger partial charge < -0.3 is 10.1 Å². The predicted octanol–water partition coefficient (Wildman–Crippen LogP) is 2.73. The fourth-order valence-electron chi connectivity index (χ4n) is 1.83. The molecule has 0 bridgehead atoms. The number of aromatic nitrogens is 1. The second-order valence-corrected chi connectivity index (χ2v) is 4.19. The van der Waals surface area contributed by atoms with Crippen molar-refractivity contribution >= 4 is 10.9 Å². The molecule has 2 heteroatoms. The Labute approximate surface area is 89.9 Å². The molecule has 1 atom stereocenters. The molecule has 0 saturated carbocycles. The minimum Gasteiger partial charge on any atom is -0.396 e. The summed E-state index contributed by atoms with van der Waals surface area (Å²) in [5.41, 5.74) is 2.55. The maximum absolute atomic E-state index is 8.97. The summed E-state index contributed by atoms with van der Waals surface area (Å²) in [7, 11) is 0. The summed E-state index contributed by atoms with van der Waals surface area (Å²) in [6.45, 7) is 2.36. The molecule has 0 amide bonds. The molecule has 15 heavy (non-hydrogen) atoms. The van der Waals surface area contributed by atoms with Crippen LogP contribution in [0.3, 0.4) is 0 Å². The third-order valence-corrected chi connectivity index (χ3v) is 2.89. The second-order valence-electron chi connectivity index (χ2n) is 4.19. The number of aryl methyl sites for hydroxylation is 1. The number of H-pyrrole nitrogens is 1. The summed E-state index contributed by atoms with van der Waals surface area (Å²) in [6.07, 6.45) is 4.15. The number of nitrogens with one attached hydrogen (secondary N) is 1. The average Bonchev–Trinajstić information content (AvgIpc) is 2.69. The molecule has 1 aromatic heterocycles. The van der Waals surface area contributed by atoms with E-state index in [1.807, 2.05) is 6.07 Å². The van der Waals surface area contributed by atoms with Gasteiger partial charge in [0.15, 0.2) is 0 Å². The van der Waals surface area contributed by atoms with Crippen LogP contribution in [0.25, 0.3) is 10.9 Å². The van der Waals surface area contributed by atoms with E-state index >= 15 is 0 Å². The van der Waals surface area contributed by atoms with Crippen LogP contribution in [0.15, 0.2) is 30.5 Å². The fraction of sp³-hybridized carbons (Fsp3) is 0.385. The second kappa shape index (κ2) is 4.49. The van der Waals surface area contributed by atoms with E-state index < -0.39 is 0 Å². The number of fused-ring (bicyclic) bond motifs is 1. The lowest BCUT2D eigenvalue weighted by molar-refractivity contribution is 0.230. The van der Waals surface area contributed by atoms with Crippen LogP contribution in [-0.2, 0) is 6.42 Å². The standard InChI is InChI=1S/C13H17NO/c1-10(9-15)6-7-11-8-14-13-5-3-2-4-12(11)13/h2-5,8,10,14-15H,6-7,9H2,1H3/t10-/m0/s1. The molecule has 1 aromatic carbocycles. The van der Waals surface area contributed by atoms with E-state index in [0.29, 0.717) is 5.92 Å². The molecule has 2 nitrogen and oxygen atoms in total. The first-order valence-electron chi connectivity index (χ1n) is 5.47. The molecule has 2 N–H and O–H groups in total. The van der Waals surface area contributed by atoms with Crippen LogP contribution in [0.2, 0.25) is 0 Å². The number of hydrogen-bond acceptors (Lipinski definition) is 1. The van der Waals surface area contributed by atoms with Crippen LogP contribution in [0.1, 0.15) is 18.9 Å². The zero-order valence-electron chi connectivity index (χ0n) is 9.03. The first-order valence-corrected chi connectivity index (χ1v) is 5.47. The van der Waals surface area contributed by atoms with Gasteiger partial charge in [0.2, 0.25) is 0 Å². The van der Waals surface area contributed by atoms with Gasteiger partial charge in [0.25, 0.3) is 0 Å². The van der Waals surface area contributed by atoms with E-state index in [-0.39, 0.29) is 6.61 Å². The molecular formula is C13H17NO. The van der Waals surface area contributed by atoms with Crippen molar-refractivity contribution in [2.24, 2.45) is 5.92 Å². The van der Waals surface area contributed by atoms with Crippen molar-refractivity contribution in [3.8, 4) is 0 Å². The summed E-state index contributed by atoms with van der Waals surface area (Å²) in [5.74, 6) is 0.388. The highest BCUT2D eigenvalue weighted by atomic mass is 16.3. The van der Waals surface area contributed by atoms with Gasteiger partial charge in [-0.05, 0) is 30.4 Å². The van der Waals surface area contributed by atoms with Gasteiger partial charge >= 0.3 is 0 Å². The molecule has 0 radical (unpaired) electrons. The topological polar surface area (TPSA) is 36.0 Å². The molecule has 0 unspecified atom stereocenters. The number of aromatic amines is 1. The third kappa shape index (κ3) is 2.21. The van der Waals surface area contributed by atoms with Crippen LogP contribution in [0, 0.1) is 5.92 Å². The van der Waals surface area contributed by atoms with Crippen LogP contribution in [0.4, 0.5) is 0 Å². The zero-order chi connectivity index (χ0) is 10.7. The van der Waals surface area contributed by atoms with E-state index in [9.17, 15) is 0 Å². The monoisotopic (exact) mass is 203 g/mol. The van der Waals surface area contributed by atoms with E-state index in [2.05, 4.69) is 36.3 Å². The van der Waals surface area contributed by atoms with Gasteiger partial charge in [0, 0.05) is 23.7 Å². The lowest BCUT2D eigenvalue weighted by Gasteiger charge is -2.06. The number of hydrogen-bond donors (Lipinski definition) is 2. The highest BCUT2D eigenvalue weighted by molar-refractivity contribution is 5.82. The maximum atomic E-state index is 8.97. The Balaban J connectivity index is 2.14. The summed E-state index contributed by atoms with van der Waals surface area (Å²) in [5, 5.41) is 10.3. The number of rotatable bonds is 4. The molecule has 2 aromatic rings. The van der Waals surface area contributed by atoms with E-state index in [4.69, 9.17) is 5.11 Å². The Morgan fingerprint density at radius 3 is 2.93 bits per heavy atom. The van der Waals surface area contributed by atoms with Gasteiger partial charge in [-0.1, -0.05) is 25.1 Å². The van der Waals surface area contributed by atoms with Gasteiger partial charge in [-0.25, -0.2) is 0 Å². The highest BCUT2D eigenvalue weighted by Crippen LogP contribution is 2.20. The first-order chi connectivity index (χ1) is 7.31. The molecule has 0 spiro atoms. The summed E-state index contributed by atoms with van der Waals surface area (Å²) in [6, 6.07) is 8.34. The smallest absolute Gasteiger partial charge is 0.0456 e. The maximum Gasteiger partial charge on any atom is 0.0456 e. The minimum absolute atomic E-state index is 0.280. The molecule has 0 aliphatic heterocycles. The SMILES string of the molecule is C[C@H](CO)CCc1c[nH]c2ccccc12. The molecule has 0 aliphatic carbocycles. The normalized spacial score (nSPS) is 13.2. The number of para-hydroxylation sites is 1. The van der Waals surface area contributed by atoms with Crippen LogP contribution < -0.4 is 0 Å². The van der Waals surface area contributed by atoms with Gasteiger partial charge in [-0.15, -0.1) is 0 Å². The molecule has 80 valence electrons. The van der Waals surface area contributed by atoms with Crippen molar-refractivity contribution in [2.75, 3.05) is 6.61 Å². The van der Waals surface area contributed by atoms with Crippen molar-refractivity contribution in [1.29, 1.82) is 0 Å². The fourth-order valence-corrected chi connectivity index (χ4v) is 1.83. The zero-order valence-corrected chi connectivity index (χ0v) is 9.03. The molecule has 0 fully saturated rings. The number of aliphatic hydroxyl groups excluding tert-OH is 1. The summed E-state index contributed by atoms with van der Waals surface area (Å²) in [4.78, 5) is 3.27.